The van der Waals surface area contributed by atoms with Crippen LogP contribution in [-0.2, 0) is 0 Å². The smallest absolute Gasteiger partial charge is 0.00967 e. The maximum Gasteiger partial charge on any atom is 0.00967 e. The second kappa shape index (κ2) is 6.87. The van der Waals surface area contributed by atoms with Gasteiger partial charge >= 0.3 is 0 Å². The summed E-state index contributed by atoms with van der Waals surface area (Å²) in [6.07, 6.45) is 6.98. The van der Waals surface area contributed by atoms with Crippen LogP contribution in [-0.4, -0.2) is 48.1 Å². The van der Waals surface area contributed by atoms with Crippen molar-refractivity contribution in [2.45, 2.75) is 50.3 Å². The Kier molecular flexibility index (Phi) is 5.46. The molecular weight excluding hydrogens is 216 g/mol. The quantitative estimate of drug-likeness (QED) is 0.738. The zero-order chi connectivity index (χ0) is 11.2. The van der Waals surface area contributed by atoms with E-state index in [1.807, 2.05) is 0 Å². The first-order valence-corrected chi connectivity index (χ1v) is 8.01. The van der Waals surface area contributed by atoms with Crippen LogP contribution in [0.5, 0.6) is 0 Å². The lowest BCUT2D eigenvalue weighted by Gasteiger charge is -2.25. The van der Waals surface area contributed by atoms with Crippen LogP contribution in [0.1, 0.15) is 39.0 Å². The number of hydrogen-bond acceptors (Lipinski definition) is 3. The molecule has 0 aromatic heterocycles. The minimum absolute atomic E-state index is 0.934. The summed E-state index contributed by atoms with van der Waals surface area (Å²) in [6, 6.07) is 0.952. The molecular formula is C13H26N2S. The predicted molar refractivity (Wildman–Crippen MR) is 73.2 cm³/mol. The molecule has 2 fully saturated rings. The molecule has 94 valence electrons. The van der Waals surface area contributed by atoms with Crippen molar-refractivity contribution in [1.82, 2.24) is 10.2 Å². The van der Waals surface area contributed by atoms with Gasteiger partial charge in [0.15, 0.2) is 0 Å². The van der Waals surface area contributed by atoms with Gasteiger partial charge in [0.25, 0.3) is 0 Å². The summed E-state index contributed by atoms with van der Waals surface area (Å²) in [6.45, 7) is 7.41. The Hall–Kier alpha value is 0.270. The lowest BCUT2D eigenvalue weighted by atomic mass is 10.2. The van der Waals surface area contributed by atoms with Gasteiger partial charge < -0.3 is 5.32 Å². The van der Waals surface area contributed by atoms with Gasteiger partial charge in [0.05, 0.1) is 0 Å². The van der Waals surface area contributed by atoms with E-state index in [9.17, 15) is 0 Å². The van der Waals surface area contributed by atoms with E-state index in [-0.39, 0.29) is 0 Å². The zero-order valence-corrected chi connectivity index (χ0v) is 11.4. The highest BCUT2D eigenvalue weighted by atomic mass is 32.2. The third-order valence-electron chi connectivity index (χ3n) is 3.59. The molecule has 0 aromatic carbocycles. The Labute approximate surface area is 105 Å². The Morgan fingerprint density at radius 2 is 1.88 bits per heavy atom. The molecule has 2 nitrogen and oxygen atoms in total. The van der Waals surface area contributed by atoms with Crippen molar-refractivity contribution >= 4 is 11.8 Å². The molecule has 1 saturated carbocycles. The molecule has 0 amide bonds. The first kappa shape index (κ1) is 12.7. The molecule has 0 unspecified atom stereocenters. The van der Waals surface area contributed by atoms with E-state index >= 15 is 0 Å². The molecule has 1 aliphatic carbocycles. The summed E-state index contributed by atoms with van der Waals surface area (Å²) in [5.74, 6) is 1.35. The summed E-state index contributed by atoms with van der Waals surface area (Å²) < 4.78 is 0. The molecule has 3 heteroatoms. The molecule has 2 aliphatic rings. The fourth-order valence-electron chi connectivity index (χ4n) is 2.50. The molecule has 1 saturated heterocycles. The minimum atomic E-state index is 0.934. The maximum absolute atomic E-state index is 3.44. The number of thioether (sulfide) groups is 1. The van der Waals surface area contributed by atoms with Crippen molar-refractivity contribution in [1.29, 1.82) is 0 Å². The maximum atomic E-state index is 3.44. The van der Waals surface area contributed by atoms with Crippen LogP contribution in [0.25, 0.3) is 0 Å². The van der Waals surface area contributed by atoms with E-state index in [0.717, 1.165) is 11.3 Å². The zero-order valence-electron chi connectivity index (χ0n) is 10.6. The van der Waals surface area contributed by atoms with Crippen molar-refractivity contribution in [3.8, 4) is 0 Å². The fourth-order valence-corrected chi connectivity index (χ4v) is 3.74. The Bertz CT molecular complexity index is 188. The third kappa shape index (κ3) is 4.27. The van der Waals surface area contributed by atoms with Gasteiger partial charge in [-0.15, -0.1) is 0 Å². The summed E-state index contributed by atoms with van der Waals surface area (Å²) >= 11 is 2.22. The molecule has 16 heavy (non-hydrogen) atoms. The average Bonchev–Trinajstić information content (AvgIpc) is 3.13. The summed E-state index contributed by atoms with van der Waals surface area (Å²) in [5, 5.41) is 4.37. The van der Waals surface area contributed by atoms with Crippen LogP contribution < -0.4 is 5.32 Å². The summed E-state index contributed by atoms with van der Waals surface area (Å²) in [4.78, 5) is 2.72. The van der Waals surface area contributed by atoms with Crippen molar-refractivity contribution in [2.24, 2.45) is 0 Å². The second-order valence-electron chi connectivity index (χ2n) is 5.09. The largest absolute Gasteiger partial charge is 0.317 e. The molecule has 0 aromatic rings. The van der Waals surface area contributed by atoms with Crippen molar-refractivity contribution in [3.63, 3.8) is 0 Å². The lowest BCUT2D eigenvalue weighted by Crippen LogP contribution is -2.32. The summed E-state index contributed by atoms with van der Waals surface area (Å²) in [7, 11) is 0. The Morgan fingerprint density at radius 3 is 2.50 bits per heavy atom. The average molecular weight is 242 g/mol. The Balaban J connectivity index is 1.57. The third-order valence-corrected chi connectivity index (χ3v) is 4.95. The van der Waals surface area contributed by atoms with Crippen LogP contribution in [0.15, 0.2) is 0 Å². The number of nitrogens with zero attached hydrogens (tertiary/aromatic N) is 1. The molecule has 0 spiro atoms. The monoisotopic (exact) mass is 242 g/mol. The van der Waals surface area contributed by atoms with E-state index in [2.05, 4.69) is 28.9 Å². The van der Waals surface area contributed by atoms with Gasteiger partial charge in [-0.25, -0.2) is 0 Å². The Morgan fingerprint density at radius 1 is 1.12 bits per heavy atom. The molecule has 1 heterocycles. The van der Waals surface area contributed by atoms with Gasteiger partial charge in [0, 0.05) is 23.6 Å². The van der Waals surface area contributed by atoms with Gasteiger partial charge in [-0.2, -0.15) is 11.8 Å². The molecule has 0 atom stereocenters. The molecule has 1 N–H and O–H groups in total. The first-order valence-electron chi connectivity index (χ1n) is 6.96. The number of piperidine rings is 1. The van der Waals surface area contributed by atoms with E-state index in [1.54, 1.807) is 0 Å². The molecule has 0 bridgehead atoms. The molecule has 2 rings (SSSR count). The molecule has 1 aliphatic heterocycles. The van der Waals surface area contributed by atoms with Crippen LogP contribution >= 0.6 is 11.8 Å². The predicted octanol–water partition coefficient (Wildman–Crippen LogP) is 2.35. The van der Waals surface area contributed by atoms with Crippen molar-refractivity contribution in [2.75, 3.05) is 31.9 Å². The SMILES string of the molecule is CCCN(CCSC1CCNCC1)C1CC1. The van der Waals surface area contributed by atoms with Crippen LogP contribution in [0, 0.1) is 0 Å². The van der Waals surface area contributed by atoms with Gasteiger partial charge in [-0.05, 0) is 51.7 Å². The lowest BCUT2D eigenvalue weighted by molar-refractivity contribution is 0.281. The van der Waals surface area contributed by atoms with E-state index in [0.29, 0.717) is 0 Å². The number of hydrogen-bond donors (Lipinski definition) is 1. The van der Waals surface area contributed by atoms with E-state index < -0.39 is 0 Å². The normalized spacial score (nSPS) is 22.9. The first-order chi connectivity index (χ1) is 7.90. The highest BCUT2D eigenvalue weighted by Gasteiger charge is 2.27. The minimum Gasteiger partial charge on any atom is -0.317 e. The van der Waals surface area contributed by atoms with E-state index in [4.69, 9.17) is 0 Å². The van der Waals surface area contributed by atoms with E-state index in [1.165, 1.54) is 64.0 Å². The second-order valence-corrected chi connectivity index (χ2v) is 6.50. The van der Waals surface area contributed by atoms with Crippen LogP contribution in [0.4, 0.5) is 0 Å². The van der Waals surface area contributed by atoms with Crippen molar-refractivity contribution in [3.05, 3.63) is 0 Å². The van der Waals surface area contributed by atoms with Crippen molar-refractivity contribution < 1.29 is 0 Å². The highest BCUT2D eigenvalue weighted by Crippen LogP contribution is 2.28. The van der Waals surface area contributed by atoms with Crippen LogP contribution in [0.2, 0.25) is 0 Å². The van der Waals surface area contributed by atoms with Gasteiger partial charge in [0.2, 0.25) is 0 Å². The highest BCUT2D eigenvalue weighted by molar-refractivity contribution is 7.99. The number of rotatable bonds is 7. The standard InChI is InChI=1S/C13H26N2S/c1-2-9-15(12-3-4-12)10-11-16-13-5-7-14-8-6-13/h12-14H,2-11H2,1H3. The van der Waals surface area contributed by atoms with Crippen LogP contribution in [0.3, 0.4) is 0 Å². The van der Waals surface area contributed by atoms with Gasteiger partial charge in [-0.1, -0.05) is 6.92 Å². The molecule has 0 radical (unpaired) electrons. The van der Waals surface area contributed by atoms with Gasteiger partial charge in [-0.3, -0.25) is 4.90 Å². The summed E-state index contributed by atoms with van der Waals surface area (Å²) in [5.41, 5.74) is 0. The topological polar surface area (TPSA) is 15.3 Å². The van der Waals surface area contributed by atoms with Gasteiger partial charge in [0.1, 0.15) is 0 Å². The number of nitrogens with one attached hydrogen (secondary N) is 1. The fraction of sp³-hybridized carbons (Fsp3) is 1.00.